The Morgan fingerprint density at radius 1 is 1.00 bits per heavy atom. The molecule has 1 atom stereocenters. The topological polar surface area (TPSA) is 122 Å². The molecule has 38 heavy (non-hydrogen) atoms. The van der Waals surface area contributed by atoms with Gasteiger partial charge in [-0.1, -0.05) is 60.8 Å². The molecule has 0 radical (unpaired) electrons. The maximum absolute atomic E-state index is 12.7. The second kappa shape index (κ2) is 35.1. The Bertz CT molecular complexity index is 573. The molecule has 1 rings (SSSR count). The van der Waals surface area contributed by atoms with Crippen molar-refractivity contribution >= 4 is 42.1 Å². The average molecular weight is 564 g/mol. The van der Waals surface area contributed by atoms with Gasteiger partial charge in [0, 0.05) is 33.6 Å². The summed E-state index contributed by atoms with van der Waals surface area (Å²) in [5.41, 5.74) is 0. The highest BCUT2D eigenvalue weighted by Gasteiger charge is 2.24. The first-order valence-corrected chi connectivity index (χ1v) is 15.2. The van der Waals surface area contributed by atoms with Crippen molar-refractivity contribution in [2.75, 3.05) is 46.2 Å². The zero-order valence-corrected chi connectivity index (χ0v) is 26.4. The van der Waals surface area contributed by atoms with Gasteiger partial charge < -0.3 is 25.1 Å². The normalized spacial score (nSPS) is 12.6. The second-order valence-electron chi connectivity index (χ2n) is 7.79. The van der Waals surface area contributed by atoms with Crippen LogP contribution in [0, 0.1) is 5.92 Å². The van der Waals surface area contributed by atoms with Crippen LogP contribution in [0.4, 0.5) is 0 Å². The fourth-order valence-corrected chi connectivity index (χ4v) is 4.42. The van der Waals surface area contributed by atoms with Crippen LogP contribution >= 0.6 is 11.8 Å². The van der Waals surface area contributed by atoms with E-state index in [9.17, 15) is 19.2 Å². The van der Waals surface area contributed by atoms with Gasteiger partial charge in [0.15, 0.2) is 5.78 Å². The minimum atomic E-state index is -0.360. The molecule has 1 aliphatic carbocycles. The van der Waals surface area contributed by atoms with E-state index in [1.54, 1.807) is 11.9 Å². The summed E-state index contributed by atoms with van der Waals surface area (Å²) in [7, 11) is 3.39. The molecule has 0 aromatic rings. The molecule has 1 fully saturated rings. The molecule has 3 amide bonds. The first-order chi connectivity index (χ1) is 18.3. The predicted molar refractivity (Wildman–Crippen MR) is 159 cm³/mol. The van der Waals surface area contributed by atoms with Crippen LogP contribution in [0.15, 0.2) is 0 Å². The van der Waals surface area contributed by atoms with Crippen molar-refractivity contribution in [3.05, 3.63) is 0 Å². The molecule has 1 unspecified atom stereocenters. The molecule has 2 N–H and O–H groups in total. The molecule has 0 saturated heterocycles. The molecule has 9 nitrogen and oxygen atoms in total. The third-order valence-electron chi connectivity index (χ3n) is 4.84. The second-order valence-corrected chi connectivity index (χ2v) is 9.10. The van der Waals surface area contributed by atoms with Gasteiger partial charge >= 0.3 is 0 Å². The summed E-state index contributed by atoms with van der Waals surface area (Å²) >= 11 is 1.47. The van der Waals surface area contributed by atoms with E-state index in [1.807, 2.05) is 48.6 Å². The quantitative estimate of drug-likeness (QED) is 0.225. The van der Waals surface area contributed by atoms with Crippen LogP contribution in [0.1, 0.15) is 93.4 Å². The Morgan fingerprint density at radius 3 is 2.03 bits per heavy atom. The smallest absolute Gasteiger partial charge is 0.246 e. The third kappa shape index (κ3) is 28.6. The number of ketones is 1. The van der Waals surface area contributed by atoms with Gasteiger partial charge in [0.05, 0.1) is 5.25 Å². The molecule has 0 spiro atoms. The molecule has 0 bridgehead atoms. The highest BCUT2D eigenvalue weighted by Crippen LogP contribution is 2.25. The van der Waals surface area contributed by atoms with Crippen LogP contribution in [-0.2, 0) is 28.7 Å². The Balaban J connectivity index is -0.000000505. The Labute approximate surface area is 237 Å². The number of Topliss-reactive ketones (excluding diaryl/α,β-unsaturated/α-hetero) is 1. The average Bonchev–Trinajstić information content (AvgIpc) is 2.95. The molecular formula is C28H57N3O6S. The van der Waals surface area contributed by atoms with E-state index >= 15 is 0 Å². The summed E-state index contributed by atoms with van der Waals surface area (Å²) in [6.07, 6.45) is 8.46. The van der Waals surface area contributed by atoms with Crippen molar-refractivity contribution in [1.29, 1.82) is 0 Å². The fourth-order valence-electron chi connectivity index (χ4n) is 3.28. The van der Waals surface area contributed by atoms with Gasteiger partial charge in [-0.2, -0.15) is 0 Å². The van der Waals surface area contributed by atoms with Crippen molar-refractivity contribution in [3.63, 3.8) is 0 Å². The van der Waals surface area contributed by atoms with Crippen LogP contribution in [0.2, 0.25) is 0 Å². The fraction of sp³-hybridized carbons (Fsp3) is 0.821. The van der Waals surface area contributed by atoms with Crippen molar-refractivity contribution in [3.8, 4) is 0 Å². The van der Waals surface area contributed by atoms with Gasteiger partial charge in [-0.05, 0) is 37.9 Å². The first kappa shape index (κ1) is 43.1. The van der Waals surface area contributed by atoms with Crippen molar-refractivity contribution in [2.24, 2.45) is 5.92 Å². The number of ether oxygens (including phenoxy) is 1. The number of aldehydes is 1. The number of carbonyl (C=O) groups excluding carboxylic acids is 5. The maximum atomic E-state index is 12.7. The van der Waals surface area contributed by atoms with E-state index in [1.165, 1.54) is 50.8 Å². The monoisotopic (exact) mass is 563 g/mol. The van der Waals surface area contributed by atoms with E-state index < -0.39 is 0 Å². The summed E-state index contributed by atoms with van der Waals surface area (Å²) in [5.74, 6) is 0.882. The number of thioether (sulfide) groups is 1. The molecule has 226 valence electrons. The third-order valence-corrected chi connectivity index (χ3v) is 6.16. The summed E-state index contributed by atoms with van der Waals surface area (Å²) in [5, 5.41) is 4.60. The van der Waals surface area contributed by atoms with E-state index in [-0.39, 0.29) is 42.5 Å². The van der Waals surface area contributed by atoms with Gasteiger partial charge in [0.25, 0.3) is 0 Å². The lowest BCUT2D eigenvalue weighted by molar-refractivity contribution is -0.131. The molecule has 0 aromatic heterocycles. The number of hydrogen-bond donors (Lipinski definition) is 2. The van der Waals surface area contributed by atoms with Gasteiger partial charge in [0.1, 0.15) is 19.5 Å². The van der Waals surface area contributed by atoms with Crippen molar-refractivity contribution < 1.29 is 28.7 Å². The summed E-state index contributed by atoms with van der Waals surface area (Å²) < 4.78 is 4.95. The van der Waals surface area contributed by atoms with Gasteiger partial charge in [0.2, 0.25) is 18.2 Å². The SMILES string of the molecule is CC.CC.CC.CC(=O)COCC(=O)NCCCSC(CC=O)C(=O)N(C)CC1CCCCC1.CNC=O. The zero-order chi connectivity index (χ0) is 30.2. The lowest BCUT2D eigenvalue weighted by Crippen LogP contribution is -2.38. The summed E-state index contributed by atoms with van der Waals surface area (Å²) in [6.45, 7) is 14.4. The number of rotatable bonds is 15. The molecule has 0 aliphatic heterocycles. The van der Waals surface area contributed by atoms with Crippen LogP contribution in [0.25, 0.3) is 0 Å². The molecule has 1 aliphatic rings. The molecule has 0 heterocycles. The minimum Gasteiger partial charge on any atom is -0.364 e. The minimum absolute atomic E-state index is 0.0179. The Morgan fingerprint density at radius 2 is 1.55 bits per heavy atom. The maximum Gasteiger partial charge on any atom is 0.246 e. The molecule has 1 saturated carbocycles. The predicted octanol–water partition coefficient (Wildman–Crippen LogP) is 4.27. The van der Waals surface area contributed by atoms with Crippen LogP contribution < -0.4 is 10.6 Å². The van der Waals surface area contributed by atoms with E-state index in [2.05, 4.69) is 10.6 Å². The van der Waals surface area contributed by atoms with Gasteiger partial charge in [-0.15, -0.1) is 11.8 Å². The van der Waals surface area contributed by atoms with Crippen LogP contribution in [-0.4, -0.2) is 86.6 Å². The van der Waals surface area contributed by atoms with Crippen LogP contribution in [0.3, 0.4) is 0 Å². The summed E-state index contributed by atoms with van der Waals surface area (Å²) in [6, 6.07) is 0. The Kier molecular flexibility index (Phi) is 39.8. The molecular weight excluding hydrogens is 506 g/mol. The highest BCUT2D eigenvalue weighted by molar-refractivity contribution is 8.00. The lowest BCUT2D eigenvalue weighted by Gasteiger charge is -2.29. The number of nitrogens with one attached hydrogen (secondary N) is 2. The number of nitrogens with zero attached hydrogens (tertiary/aromatic N) is 1. The molecule has 10 heteroatoms. The van der Waals surface area contributed by atoms with Gasteiger partial charge in [-0.25, -0.2) is 0 Å². The van der Waals surface area contributed by atoms with Crippen molar-refractivity contribution in [2.45, 2.75) is 98.7 Å². The zero-order valence-electron chi connectivity index (χ0n) is 25.6. The largest absolute Gasteiger partial charge is 0.364 e. The number of amides is 3. The first-order valence-electron chi connectivity index (χ1n) is 14.1. The number of hydrogen-bond acceptors (Lipinski definition) is 7. The standard InChI is InChI=1S/C20H34N2O5S.C2H5NO.3C2H6/c1-16(24)14-27-15-19(25)21-10-6-12-28-18(9-11-23)20(26)22(2)13-17-7-4-3-5-8-17;1-3-2-4;3*1-2/h11,17-18H,3-10,12-15H2,1-2H3,(H,21,25);2H,1H3,(H,3,4);3*1-2H3. The highest BCUT2D eigenvalue weighted by atomic mass is 32.2. The van der Waals surface area contributed by atoms with Crippen molar-refractivity contribution in [1.82, 2.24) is 15.5 Å². The van der Waals surface area contributed by atoms with E-state index in [0.29, 0.717) is 31.0 Å². The van der Waals surface area contributed by atoms with E-state index in [0.717, 1.165) is 12.8 Å². The molecule has 0 aromatic carbocycles. The van der Waals surface area contributed by atoms with Gasteiger partial charge in [-0.3, -0.25) is 19.2 Å². The van der Waals surface area contributed by atoms with E-state index in [4.69, 9.17) is 9.53 Å². The Hall–Kier alpha value is -1.94. The van der Waals surface area contributed by atoms with Crippen LogP contribution in [0.5, 0.6) is 0 Å². The number of carbonyl (C=O) groups is 5. The lowest BCUT2D eigenvalue weighted by atomic mass is 9.89. The summed E-state index contributed by atoms with van der Waals surface area (Å²) in [4.78, 5) is 56.8.